The van der Waals surface area contributed by atoms with Crippen molar-refractivity contribution in [1.29, 1.82) is 0 Å². The van der Waals surface area contributed by atoms with Crippen molar-refractivity contribution in [2.45, 2.75) is 52.4 Å². The van der Waals surface area contributed by atoms with E-state index in [-0.39, 0.29) is 24.3 Å². The van der Waals surface area contributed by atoms with Gasteiger partial charge in [-0.1, -0.05) is 38.3 Å². The van der Waals surface area contributed by atoms with Crippen LogP contribution in [-0.2, 0) is 9.59 Å². The molecule has 0 radical (unpaired) electrons. The van der Waals surface area contributed by atoms with Crippen LogP contribution in [0.15, 0.2) is 24.3 Å². The van der Waals surface area contributed by atoms with E-state index in [0.717, 1.165) is 32.2 Å². The summed E-state index contributed by atoms with van der Waals surface area (Å²) in [6, 6.07) is 7.34. The summed E-state index contributed by atoms with van der Waals surface area (Å²) in [5, 5.41) is 3.03. The Hall–Kier alpha value is -2.24. The molecule has 6 nitrogen and oxygen atoms in total. The van der Waals surface area contributed by atoms with Crippen LogP contribution >= 0.6 is 0 Å². The molecule has 2 rings (SSSR count). The molecule has 1 aliphatic heterocycles. The molecule has 28 heavy (non-hydrogen) atoms. The molecular weight excluding hydrogens is 356 g/mol. The van der Waals surface area contributed by atoms with Gasteiger partial charge in [0, 0.05) is 19.6 Å². The molecule has 1 heterocycles. The molecule has 0 saturated carbocycles. The van der Waals surface area contributed by atoms with E-state index in [0.29, 0.717) is 31.2 Å². The fourth-order valence-corrected chi connectivity index (χ4v) is 3.40. The largest absolute Gasteiger partial charge is 0.490 e. The van der Waals surface area contributed by atoms with Crippen LogP contribution in [0.5, 0.6) is 11.5 Å². The van der Waals surface area contributed by atoms with Crippen molar-refractivity contribution in [3.8, 4) is 11.5 Å². The molecule has 1 unspecified atom stereocenters. The number of likely N-dealkylation sites (tertiary alicyclic amines) is 1. The van der Waals surface area contributed by atoms with Gasteiger partial charge in [0.25, 0.3) is 5.91 Å². The maximum atomic E-state index is 12.6. The van der Waals surface area contributed by atoms with Crippen LogP contribution in [0.1, 0.15) is 52.4 Å². The molecule has 1 aromatic carbocycles. The summed E-state index contributed by atoms with van der Waals surface area (Å²) >= 11 is 0. The van der Waals surface area contributed by atoms with E-state index in [1.165, 1.54) is 12.8 Å². The number of rotatable bonds is 11. The van der Waals surface area contributed by atoms with Gasteiger partial charge in [-0.15, -0.1) is 0 Å². The first-order valence-corrected chi connectivity index (χ1v) is 10.6. The third-order valence-electron chi connectivity index (χ3n) is 4.97. The Morgan fingerprint density at radius 3 is 2.57 bits per heavy atom. The second-order valence-electron chi connectivity index (χ2n) is 7.20. The van der Waals surface area contributed by atoms with Gasteiger partial charge in [0.2, 0.25) is 5.91 Å². The fraction of sp³-hybridized carbons (Fsp3) is 0.636. The zero-order chi connectivity index (χ0) is 20.2. The average molecular weight is 391 g/mol. The lowest BCUT2D eigenvalue weighted by Crippen LogP contribution is -2.47. The second-order valence-corrected chi connectivity index (χ2v) is 7.20. The molecule has 1 saturated heterocycles. The molecular formula is C22H34N2O4. The van der Waals surface area contributed by atoms with Crippen LogP contribution in [0.4, 0.5) is 0 Å². The van der Waals surface area contributed by atoms with Crippen molar-refractivity contribution in [2.75, 3.05) is 32.8 Å². The molecule has 1 atom stereocenters. The Bertz CT molecular complexity index is 620. The van der Waals surface area contributed by atoms with Crippen LogP contribution < -0.4 is 14.8 Å². The van der Waals surface area contributed by atoms with E-state index in [9.17, 15) is 9.59 Å². The molecule has 0 bridgehead atoms. The Balaban J connectivity index is 1.78. The smallest absolute Gasteiger partial charge is 0.260 e. The molecule has 2 amide bonds. The quantitative estimate of drug-likeness (QED) is 0.588. The predicted molar refractivity (Wildman–Crippen MR) is 110 cm³/mol. The Kier molecular flexibility index (Phi) is 9.66. The highest BCUT2D eigenvalue weighted by molar-refractivity contribution is 5.82. The molecule has 0 aliphatic carbocycles. The first kappa shape index (κ1) is 22.1. The maximum absolute atomic E-state index is 12.6. The molecule has 1 N–H and O–H groups in total. The van der Waals surface area contributed by atoms with E-state index >= 15 is 0 Å². The number of amides is 2. The summed E-state index contributed by atoms with van der Waals surface area (Å²) in [6.45, 7) is 6.44. The van der Waals surface area contributed by atoms with Crippen LogP contribution in [0.2, 0.25) is 0 Å². The predicted octanol–water partition coefficient (Wildman–Crippen LogP) is 3.40. The number of carbonyl (C=O) groups excluding carboxylic acids is 2. The lowest BCUT2D eigenvalue weighted by molar-refractivity contribution is -0.137. The minimum atomic E-state index is -0.125. The fourth-order valence-electron chi connectivity index (χ4n) is 3.40. The number of ether oxygens (including phenoxy) is 2. The highest BCUT2D eigenvalue weighted by Crippen LogP contribution is 2.26. The third-order valence-corrected chi connectivity index (χ3v) is 4.97. The topological polar surface area (TPSA) is 67.9 Å². The highest BCUT2D eigenvalue weighted by atomic mass is 16.5. The summed E-state index contributed by atoms with van der Waals surface area (Å²) in [4.78, 5) is 26.7. The Morgan fingerprint density at radius 2 is 1.86 bits per heavy atom. The molecule has 0 aromatic heterocycles. The highest BCUT2D eigenvalue weighted by Gasteiger charge is 2.28. The molecule has 1 fully saturated rings. The average Bonchev–Trinajstić information content (AvgIpc) is 2.73. The van der Waals surface area contributed by atoms with Gasteiger partial charge in [-0.05, 0) is 38.3 Å². The molecule has 6 heteroatoms. The molecule has 1 aromatic rings. The van der Waals surface area contributed by atoms with Gasteiger partial charge in [0.15, 0.2) is 18.1 Å². The number of para-hydroxylation sites is 2. The Morgan fingerprint density at radius 1 is 1.11 bits per heavy atom. The van der Waals surface area contributed by atoms with Gasteiger partial charge in [-0.2, -0.15) is 0 Å². The van der Waals surface area contributed by atoms with Crippen LogP contribution in [-0.4, -0.2) is 49.6 Å². The lowest BCUT2D eigenvalue weighted by atomic mass is 9.97. The van der Waals surface area contributed by atoms with E-state index in [1.807, 2.05) is 25.1 Å². The lowest BCUT2D eigenvalue weighted by Gasteiger charge is -2.32. The SMILES string of the molecule is CCCCCCNC(=O)C1CCCN(C(=O)COc2ccccc2OCC)C1. The van der Waals surface area contributed by atoms with Crippen molar-refractivity contribution >= 4 is 11.8 Å². The zero-order valence-corrected chi connectivity index (χ0v) is 17.2. The van der Waals surface area contributed by atoms with E-state index < -0.39 is 0 Å². The van der Waals surface area contributed by atoms with Crippen molar-refractivity contribution in [2.24, 2.45) is 5.92 Å². The number of hydrogen-bond donors (Lipinski definition) is 1. The van der Waals surface area contributed by atoms with Gasteiger partial charge in [0.05, 0.1) is 12.5 Å². The number of unbranched alkanes of at least 4 members (excludes halogenated alkanes) is 3. The summed E-state index contributed by atoms with van der Waals surface area (Å²) in [5.74, 6) is 1.05. The van der Waals surface area contributed by atoms with E-state index in [4.69, 9.17) is 9.47 Å². The molecule has 0 spiro atoms. The maximum Gasteiger partial charge on any atom is 0.260 e. The van der Waals surface area contributed by atoms with Gasteiger partial charge >= 0.3 is 0 Å². The van der Waals surface area contributed by atoms with Crippen molar-refractivity contribution in [1.82, 2.24) is 10.2 Å². The van der Waals surface area contributed by atoms with Crippen molar-refractivity contribution in [3.63, 3.8) is 0 Å². The van der Waals surface area contributed by atoms with Gasteiger partial charge < -0.3 is 19.7 Å². The standard InChI is InChI=1S/C22H34N2O4/c1-3-5-6-9-14-23-22(26)18-11-10-15-24(16-18)21(25)17-28-20-13-8-7-12-19(20)27-4-2/h7-8,12-13,18H,3-6,9-11,14-17H2,1-2H3,(H,23,26). The summed E-state index contributed by atoms with van der Waals surface area (Å²) < 4.78 is 11.2. The second kappa shape index (κ2) is 12.3. The van der Waals surface area contributed by atoms with Crippen LogP contribution in [0.25, 0.3) is 0 Å². The first-order chi connectivity index (χ1) is 13.7. The number of carbonyl (C=O) groups is 2. The number of piperidine rings is 1. The molecule has 1 aliphatic rings. The van der Waals surface area contributed by atoms with Crippen molar-refractivity contribution < 1.29 is 19.1 Å². The number of hydrogen-bond acceptors (Lipinski definition) is 4. The number of nitrogens with zero attached hydrogens (tertiary/aromatic N) is 1. The number of nitrogens with one attached hydrogen (secondary N) is 1. The van der Waals surface area contributed by atoms with Crippen molar-refractivity contribution in [3.05, 3.63) is 24.3 Å². The Labute approximate surface area is 168 Å². The summed E-state index contributed by atoms with van der Waals surface area (Å²) in [7, 11) is 0. The number of benzene rings is 1. The van der Waals surface area contributed by atoms with Crippen LogP contribution in [0.3, 0.4) is 0 Å². The normalized spacial score (nSPS) is 16.5. The monoisotopic (exact) mass is 390 g/mol. The van der Waals surface area contributed by atoms with Gasteiger partial charge in [-0.25, -0.2) is 0 Å². The third kappa shape index (κ3) is 7.06. The van der Waals surface area contributed by atoms with Gasteiger partial charge in [-0.3, -0.25) is 9.59 Å². The van der Waals surface area contributed by atoms with Gasteiger partial charge in [0.1, 0.15) is 0 Å². The minimum Gasteiger partial charge on any atom is -0.490 e. The summed E-state index contributed by atoms with van der Waals surface area (Å²) in [5.41, 5.74) is 0. The van der Waals surface area contributed by atoms with E-state index in [1.54, 1.807) is 11.0 Å². The zero-order valence-electron chi connectivity index (χ0n) is 17.2. The molecule has 156 valence electrons. The summed E-state index contributed by atoms with van der Waals surface area (Å²) in [6.07, 6.45) is 6.22. The first-order valence-electron chi connectivity index (χ1n) is 10.6. The van der Waals surface area contributed by atoms with Crippen LogP contribution in [0, 0.1) is 5.92 Å². The minimum absolute atomic E-state index is 0.0462. The van der Waals surface area contributed by atoms with E-state index in [2.05, 4.69) is 12.2 Å².